The predicted molar refractivity (Wildman–Crippen MR) is 127 cm³/mol. The maximum atomic E-state index is 13.5. The summed E-state index contributed by atoms with van der Waals surface area (Å²) in [7, 11) is 3.21. The third kappa shape index (κ3) is 4.09. The Morgan fingerprint density at radius 1 is 1.06 bits per heavy atom. The van der Waals surface area contributed by atoms with Crippen LogP contribution in [0.3, 0.4) is 0 Å². The molecule has 1 saturated carbocycles. The van der Waals surface area contributed by atoms with Crippen LogP contribution >= 0.6 is 0 Å². The lowest BCUT2D eigenvalue weighted by Crippen LogP contribution is -2.56. The van der Waals surface area contributed by atoms with Crippen LogP contribution in [0.4, 0.5) is 0 Å². The third-order valence-corrected chi connectivity index (χ3v) is 7.41. The molecule has 2 heterocycles. The second-order valence-electron chi connectivity index (χ2n) is 9.24. The van der Waals surface area contributed by atoms with Gasteiger partial charge in [0.1, 0.15) is 0 Å². The van der Waals surface area contributed by atoms with Crippen molar-refractivity contribution < 1.29 is 28.8 Å². The van der Waals surface area contributed by atoms with E-state index >= 15 is 0 Å². The average molecular weight is 466 g/mol. The minimum Gasteiger partial charge on any atom is -0.493 e. The highest BCUT2D eigenvalue weighted by atomic mass is 16.7. The molecule has 0 unspecified atom stereocenters. The number of ether oxygens (including phenoxy) is 4. The summed E-state index contributed by atoms with van der Waals surface area (Å²) in [6, 6.07) is 11.2. The molecule has 0 radical (unpaired) electrons. The highest BCUT2D eigenvalue weighted by molar-refractivity contribution is 5.92. The van der Waals surface area contributed by atoms with Gasteiger partial charge in [0.15, 0.2) is 23.0 Å². The number of carbonyl (C=O) groups is 1. The lowest BCUT2D eigenvalue weighted by Gasteiger charge is -2.52. The highest BCUT2D eigenvalue weighted by Crippen LogP contribution is 2.50. The first-order valence-electron chi connectivity index (χ1n) is 11.8. The van der Waals surface area contributed by atoms with Crippen LogP contribution in [0.5, 0.6) is 23.0 Å². The second kappa shape index (κ2) is 9.22. The quantitative estimate of drug-likeness (QED) is 0.662. The summed E-state index contributed by atoms with van der Waals surface area (Å²) in [6.45, 7) is 0.711. The molecule has 3 atom stereocenters. The number of benzene rings is 2. The number of methoxy groups -OCH3 is 2. The Balaban J connectivity index is 1.46. The molecule has 2 aliphatic heterocycles. The van der Waals surface area contributed by atoms with Crippen LogP contribution in [0.1, 0.15) is 49.3 Å². The lowest BCUT2D eigenvalue weighted by molar-refractivity contribution is -0.150. The molecule has 0 spiro atoms. The van der Waals surface area contributed by atoms with Crippen LogP contribution in [-0.4, -0.2) is 49.1 Å². The van der Waals surface area contributed by atoms with Crippen molar-refractivity contribution in [3.8, 4) is 23.0 Å². The number of rotatable bonds is 5. The van der Waals surface area contributed by atoms with E-state index in [0.29, 0.717) is 36.0 Å². The molecule has 1 N–H and O–H groups in total. The monoisotopic (exact) mass is 465 g/mol. The van der Waals surface area contributed by atoms with E-state index in [1.807, 2.05) is 41.3 Å². The van der Waals surface area contributed by atoms with E-state index in [0.717, 1.165) is 36.8 Å². The summed E-state index contributed by atoms with van der Waals surface area (Å²) < 4.78 is 21.8. The number of hydrogen-bond acceptors (Lipinski definition) is 6. The fourth-order valence-electron chi connectivity index (χ4n) is 5.66. The first-order chi connectivity index (χ1) is 16.5. The maximum absolute atomic E-state index is 13.5. The molecule has 7 heteroatoms. The standard InChI is InChI=1S/C27H31NO6/c1-31-21-10-8-19(16-23(21)32-2)26-20-5-3-4-12-27(20,30)13-14-28(26)25(29)11-7-18-6-9-22-24(15-18)34-17-33-22/h6-11,15-16,20,26,30H,3-5,12-14,17H2,1-2H3/b11-7+/t20-,26-,27+/m0/s1. The molecule has 1 saturated heterocycles. The van der Waals surface area contributed by atoms with Gasteiger partial charge < -0.3 is 29.0 Å². The SMILES string of the molecule is COc1ccc([C@H]2[C@@H]3CCCC[C@@]3(O)CCN2C(=O)/C=C/c2ccc3c(c2)OCO3)cc1OC. The van der Waals surface area contributed by atoms with Crippen molar-refractivity contribution in [2.24, 2.45) is 5.92 Å². The van der Waals surface area contributed by atoms with Crippen molar-refractivity contribution in [1.82, 2.24) is 4.90 Å². The van der Waals surface area contributed by atoms with Gasteiger partial charge in [0.05, 0.1) is 25.9 Å². The van der Waals surface area contributed by atoms with E-state index < -0.39 is 5.60 Å². The molecule has 7 nitrogen and oxygen atoms in total. The van der Waals surface area contributed by atoms with E-state index in [1.165, 1.54) is 0 Å². The van der Waals surface area contributed by atoms with Gasteiger partial charge in [-0.3, -0.25) is 4.79 Å². The Bertz CT molecular complexity index is 1100. The molecule has 1 amide bonds. The summed E-state index contributed by atoms with van der Waals surface area (Å²) in [6.07, 6.45) is 7.72. The van der Waals surface area contributed by atoms with Gasteiger partial charge in [0.2, 0.25) is 12.7 Å². The molecule has 2 aromatic rings. The minimum atomic E-state index is -0.756. The molecule has 0 aromatic heterocycles. The van der Waals surface area contributed by atoms with Crippen molar-refractivity contribution in [2.45, 2.75) is 43.7 Å². The van der Waals surface area contributed by atoms with Crippen LogP contribution in [-0.2, 0) is 4.79 Å². The largest absolute Gasteiger partial charge is 0.493 e. The zero-order chi connectivity index (χ0) is 23.7. The topological polar surface area (TPSA) is 77.5 Å². The third-order valence-electron chi connectivity index (χ3n) is 7.41. The van der Waals surface area contributed by atoms with E-state index in [4.69, 9.17) is 18.9 Å². The van der Waals surface area contributed by atoms with Gasteiger partial charge in [0, 0.05) is 18.5 Å². The van der Waals surface area contributed by atoms with Crippen LogP contribution in [0.2, 0.25) is 0 Å². The Kier molecular flexibility index (Phi) is 6.13. The summed E-state index contributed by atoms with van der Waals surface area (Å²) in [5.41, 5.74) is 1.06. The number of nitrogens with zero attached hydrogens (tertiary/aromatic N) is 1. The Hall–Kier alpha value is -3.19. The summed E-state index contributed by atoms with van der Waals surface area (Å²) in [4.78, 5) is 15.4. The summed E-state index contributed by atoms with van der Waals surface area (Å²) >= 11 is 0. The maximum Gasteiger partial charge on any atom is 0.247 e. The van der Waals surface area contributed by atoms with E-state index in [9.17, 15) is 9.90 Å². The molecule has 1 aliphatic carbocycles. The fourth-order valence-corrected chi connectivity index (χ4v) is 5.66. The zero-order valence-corrected chi connectivity index (χ0v) is 19.7. The fraction of sp³-hybridized carbons (Fsp3) is 0.444. The van der Waals surface area contributed by atoms with E-state index in [2.05, 4.69) is 0 Å². The van der Waals surface area contributed by atoms with Crippen molar-refractivity contribution >= 4 is 12.0 Å². The number of aliphatic hydroxyl groups is 1. The van der Waals surface area contributed by atoms with Crippen LogP contribution in [0, 0.1) is 5.92 Å². The second-order valence-corrected chi connectivity index (χ2v) is 9.24. The lowest BCUT2D eigenvalue weighted by atomic mass is 9.66. The average Bonchev–Trinajstić information content (AvgIpc) is 3.34. The first-order valence-corrected chi connectivity index (χ1v) is 11.8. The number of fused-ring (bicyclic) bond motifs is 2. The molecule has 0 bridgehead atoms. The summed E-state index contributed by atoms with van der Waals surface area (Å²) in [5.74, 6) is 2.54. The predicted octanol–water partition coefficient (Wildman–Crippen LogP) is 4.34. The number of piperidine rings is 1. The molecule has 180 valence electrons. The molecular formula is C27H31NO6. The van der Waals surface area contributed by atoms with Gasteiger partial charge in [-0.25, -0.2) is 0 Å². The Morgan fingerprint density at radius 2 is 1.88 bits per heavy atom. The van der Waals surface area contributed by atoms with Gasteiger partial charge in [-0.1, -0.05) is 25.0 Å². The van der Waals surface area contributed by atoms with Crippen molar-refractivity contribution in [1.29, 1.82) is 0 Å². The van der Waals surface area contributed by atoms with E-state index in [-0.39, 0.29) is 24.7 Å². The van der Waals surface area contributed by atoms with Gasteiger partial charge in [0.25, 0.3) is 0 Å². The zero-order valence-electron chi connectivity index (χ0n) is 19.7. The van der Waals surface area contributed by atoms with Crippen molar-refractivity contribution in [2.75, 3.05) is 27.6 Å². The number of amides is 1. The first kappa shape index (κ1) is 22.6. The van der Waals surface area contributed by atoms with Crippen LogP contribution < -0.4 is 18.9 Å². The smallest absolute Gasteiger partial charge is 0.247 e. The molecular weight excluding hydrogens is 434 g/mol. The Morgan fingerprint density at radius 3 is 2.71 bits per heavy atom. The van der Waals surface area contributed by atoms with Crippen LogP contribution in [0.25, 0.3) is 6.08 Å². The van der Waals surface area contributed by atoms with Gasteiger partial charge in [-0.15, -0.1) is 0 Å². The molecule has 34 heavy (non-hydrogen) atoms. The van der Waals surface area contributed by atoms with E-state index in [1.54, 1.807) is 26.4 Å². The molecule has 2 aromatic carbocycles. The highest BCUT2D eigenvalue weighted by Gasteiger charge is 2.50. The molecule has 2 fully saturated rings. The van der Waals surface area contributed by atoms with Gasteiger partial charge in [-0.05, 0) is 60.7 Å². The number of carbonyl (C=O) groups excluding carboxylic acids is 1. The minimum absolute atomic E-state index is 0.0315. The Labute approximate surface area is 199 Å². The number of hydrogen-bond donors (Lipinski definition) is 1. The van der Waals surface area contributed by atoms with Gasteiger partial charge >= 0.3 is 0 Å². The molecule has 5 rings (SSSR count). The van der Waals surface area contributed by atoms with Crippen LogP contribution in [0.15, 0.2) is 42.5 Å². The van der Waals surface area contributed by atoms with Crippen molar-refractivity contribution in [3.63, 3.8) is 0 Å². The normalized spacial score (nSPS) is 25.8. The van der Waals surface area contributed by atoms with Gasteiger partial charge in [-0.2, -0.15) is 0 Å². The van der Waals surface area contributed by atoms with Crippen molar-refractivity contribution in [3.05, 3.63) is 53.6 Å². The summed E-state index contributed by atoms with van der Waals surface area (Å²) in [5, 5.41) is 11.5. The molecule has 3 aliphatic rings. The number of likely N-dealkylation sites (tertiary alicyclic amines) is 1.